The molecule has 0 fully saturated rings. The van der Waals surface area contributed by atoms with Gasteiger partial charge in [0.25, 0.3) is 0 Å². The highest BCUT2D eigenvalue weighted by Gasteiger charge is 2.12. The molecule has 20 heavy (non-hydrogen) atoms. The Morgan fingerprint density at radius 3 is 2.70 bits per heavy atom. The van der Waals surface area contributed by atoms with Crippen LogP contribution in [-0.2, 0) is 0 Å². The molecule has 0 saturated carbocycles. The van der Waals surface area contributed by atoms with Crippen LogP contribution in [0.3, 0.4) is 0 Å². The van der Waals surface area contributed by atoms with Gasteiger partial charge in [0.1, 0.15) is 5.75 Å². The SMILES string of the molecule is CCNC(CC)c1ccc(-c2ccc(Br)c(OC)c2)s1. The lowest BCUT2D eigenvalue weighted by atomic mass is 10.1. The number of hydrogen-bond donors (Lipinski definition) is 1. The van der Waals surface area contributed by atoms with E-state index in [2.05, 4.69) is 59.4 Å². The summed E-state index contributed by atoms with van der Waals surface area (Å²) in [5.74, 6) is 0.871. The molecule has 1 aromatic carbocycles. The first kappa shape index (κ1) is 15.5. The predicted octanol–water partition coefficient (Wildman–Crippen LogP) is 5.25. The molecule has 0 aliphatic carbocycles. The maximum atomic E-state index is 5.37. The first-order valence-electron chi connectivity index (χ1n) is 6.86. The summed E-state index contributed by atoms with van der Waals surface area (Å²) in [6.07, 6.45) is 1.11. The molecule has 108 valence electrons. The van der Waals surface area contributed by atoms with Crippen molar-refractivity contribution < 1.29 is 4.74 Å². The van der Waals surface area contributed by atoms with Crippen molar-refractivity contribution in [1.29, 1.82) is 0 Å². The van der Waals surface area contributed by atoms with Crippen LogP contribution >= 0.6 is 27.3 Å². The quantitative estimate of drug-likeness (QED) is 0.765. The molecule has 2 rings (SSSR count). The summed E-state index contributed by atoms with van der Waals surface area (Å²) >= 11 is 5.34. The van der Waals surface area contributed by atoms with E-state index >= 15 is 0 Å². The fourth-order valence-electron chi connectivity index (χ4n) is 2.20. The van der Waals surface area contributed by atoms with Crippen molar-refractivity contribution >= 4 is 27.3 Å². The van der Waals surface area contributed by atoms with E-state index in [1.165, 1.54) is 15.3 Å². The van der Waals surface area contributed by atoms with E-state index in [0.717, 1.165) is 23.2 Å². The first-order chi connectivity index (χ1) is 9.69. The van der Waals surface area contributed by atoms with Crippen molar-refractivity contribution in [3.05, 3.63) is 39.7 Å². The standard InChI is InChI=1S/C16H20BrNOS/c1-4-13(18-5-2)16-9-8-15(20-16)11-6-7-12(17)14(10-11)19-3/h6-10,13,18H,4-5H2,1-3H3. The summed E-state index contributed by atoms with van der Waals surface area (Å²) in [6, 6.07) is 11.1. The molecule has 0 amide bonds. The van der Waals surface area contributed by atoms with Crippen molar-refractivity contribution in [2.75, 3.05) is 13.7 Å². The number of ether oxygens (including phenoxy) is 1. The Hall–Kier alpha value is -0.840. The van der Waals surface area contributed by atoms with E-state index < -0.39 is 0 Å². The number of thiophene rings is 1. The van der Waals surface area contributed by atoms with Gasteiger partial charge in [0.15, 0.2) is 0 Å². The van der Waals surface area contributed by atoms with Gasteiger partial charge in [0.2, 0.25) is 0 Å². The fourth-order valence-corrected chi connectivity index (χ4v) is 3.77. The molecule has 1 N–H and O–H groups in total. The van der Waals surface area contributed by atoms with Gasteiger partial charge < -0.3 is 10.1 Å². The maximum Gasteiger partial charge on any atom is 0.133 e. The van der Waals surface area contributed by atoms with Crippen LogP contribution < -0.4 is 10.1 Å². The highest BCUT2D eigenvalue weighted by Crippen LogP contribution is 2.36. The number of halogens is 1. The zero-order valence-corrected chi connectivity index (χ0v) is 14.5. The van der Waals surface area contributed by atoms with Crippen LogP contribution in [0.25, 0.3) is 10.4 Å². The van der Waals surface area contributed by atoms with E-state index in [1.54, 1.807) is 7.11 Å². The molecule has 2 aromatic rings. The summed E-state index contributed by atoms with van der Waals surface area (Å²) in [5, 5.41) is 3.52. The third-order valence-electron chi connectivity index (χ3n) is 3.26. The van der Waals surface area contributed by atoms with Crippen LogP contribution in [0.4, 0.5) is 0 Å². The Morgan fingerprint density at radius 1 is 1.25 bits per heavy atom. The molecule has 1 atom stereocenters. The molecule has 1 aromatic heterocycles. The van der Waals surface area contributed by atoms with Gasteiger partial charge in [-0.15, -0.1) is 11.3 Å². The fraction of sp³-hybridized carbons (Fsp3) is 0.375. The lowest BCUT2D eigenvalue weighted by Gasteiger charge is -2.13. The molecule has 0 aliphatic rings. The number of hydrogen-bond acceptors (Lipinski definition) is 3. The van der Waals surface area contributed by atoms with Gasteiger partial charge in [-0.1, -0.05) is 19.9 Å². The summed E-state index contributed by atoms with van der Waals surface area (Å²) in [5.41, 5.74) is 1.20. The Labute approximate surface area is 133 Å². The van der Waals surface area contributed by atoms with Gasteiger partial charge in [-0.3, -0.25) is 0 Å². The lowest BCUT2D eigenvalue weighted by Crippen LogP contribution is -2.18. The van der Waals surface area contributed by atoms with Gasteiger partial charge in [-0.05, 0) is 58.7 Å². The highest BCUT2D eigenvalue weighted by molar-refractivity contribution is 9.10. The number of rotatable bonds is 6. The molecule has 0 saturated heterocycles. The third-order valence-corrected chi connectivity index (χ3v) is 5.17. The highest BCUT2D eigenvalue weighted by atomic mass is 79.9. The van der Waals surface area contributed by atoms with Crippen molar-refractivity contribution in [3.8, 4) is 16.2 Å². The normalized spacial score (nSPS) is 12.4. The maximum absolute atomic E-state index is 5.37. The number of methoxy groups -OCH3 is 1. The van der Waals surface area contributed by atoms with E-state index in [1.807, 2.05) is 17.4 Å². The lowest BCUT2D eigenvalue weighted by molar-refractivity contribution is 0.412. The average Bonchev–Trinajstić information content (AvgIpc) is 2.95. The zero-order valence-electron chi connectivity index (χ0n) is 12.1. The van der Waals surface area contributed by atoms with E-state index in [9.17, 15) is 0 Å². The molecule has 1 heterocycles. The topological polar surface area (TPSA) is 21.3 Å². The second-order valence-corrected chi connectivity index (χ2v) is 6.54. The Bertz CT molecular complexity index is 567. The zero-order chi connectivity index (χ0) is 14.5. The average molecular weight is 354 g/mol. The molecule has 1 unspecified atom stereocenters. The second-order valence-electron chi connectivity index (χ2n) is 4.57. The number of nitrogens with one attached hydrogen (secondary N) is 1. The Morgan fingerprint density at radius 2 is 2.05 bits per heavy atom. The second kappa shape index (κ2) is 7.25. The Balaban J connectivity index is 2.28. The summed E-state index contributed by atoms with van der Waals surface area (Å²) < 4.78 is 6.35. The van der Waals surface area contributed by atoms with Crippen LogP contribution in [0.5, 0.6) is 5.75 Å². The monoisotopic (exact) mass is 353 g/mol. The van der Waals surface area contributed by atoms with Crippen LogP contribution in [0.1, 0.15) is 31.2 Å². The summed E-state index contributed by atoms with van der Waals surface area (Å²) in [7, 11) is 1.70. The van der Waals surface area contributed by atoms with Crippen molar-refractivity contribution in [3.63, 3.8) is 0 Å². The third kappa shape index (κ3) is 3.43. The minimum absolute atomic E-state index is 0.455. The van der Waals surface area contributed by atoms with E-state index in [4.69, 9.17) is 4.74 Å². The summed E-state index contributed by atoms with van der Waals surface area (Å²) in [4.78, 5) is 2.67. The molecule has 0 bridgehead atoms. The van der Waals surface area contributed by atoms with Crippen LogP contribution in [-0.4, -0.2) is 13.7 Å². The van der Waals surface area contributed by atoms with E-state index in [-0.39, 0.29) is 0 Å². The molecular weight excluding hydrogens is 334 g/mol. The molecule has 0 aliphatic heterocycles. The molecule has 2 nitrogen and oxygen atoms in total. The van der Waals surface area contributed by atoms with Gasteiger partial charge in [-0.25, -0.2) is 0 Å². The first-order valence-corrected chi connectivity index (χ1v) is 8.47. The smallest absolute Gasteiger partial charge is 0.133 e. The molecule has 4 heteroatoms. The van der Waals surface area contributed by atoms with Gasteiger partial charge in [-0.2, -0.15) is 0 Å². The van der Waals surface area contributed by atoms with Crippen molar-refractivity contribution in [2.45, 2.75) is 26.3 Å². The minimum atomic E-state index is 0.455. The minimum Gasteiger partial charge on any atom is -0.496 e. The van der Waals surface area contributed by atoms with Crippen LogP contribution in [0, 0.1) is 0 Å². The summed E-state index contributed by atoms with van der Waals surface area (Å²) in [6.45, 7) is 5.37. The Kier molecular flexibility index (Phi) is 5.64. The van der Waals surface area contributed by atoms with Crippen molar-refractivity contribution in [2.24, 2.45) is 0 Å². The predicted molar refractivity (Wildman–Crippen MR) is 90.7 cm³/mol. The van der Waals surface area contributed by atoms with Crippen LogP contribution in [0.2, 0.25) is 0 Å². The number of benzene rings is 1. The van der Waals surface area contributed by atoms with Crippen molar-refractivity contribution in [1.82, 2.24) is 5.32 Å². The van der Waals surface area contributed by atoms with Gasteiger partial charge in [0.05, 0.1) is 11.6 Å². The molecule has 0 spiro atoms. The van der Waals surface area contributed by atoms with Gasteiger partial charge in [0, 0.05) is 15.8 Å². The van der Waals surface area contributed by atoms with Gasteiger partial charge >= 0.3 is 0 Å². The molecular formula is C16H20BrNOS. The largest absolute Gasteiger partial charge is 0.496 e. The molecule has 0 radical (unpaired) electrons. The van der Waals surface area contributed by atoms with E-state index in [0.29, 0.717) is 6.04 Å². The van der Waals surface area contributed by atoms with Crippen LogP contribution in [0.15, 0.2) is 34.8 Å².